The van der Waals surface area contributed by atoms with E-state index in [9.17, 15) is 0 Å². The van der Waals surface area contributed by atoms with Gasteiger partial charge in [-0.1, -0.05) is 231 Å². The van der Waals surface area contributed by atoms with Gasteiger partial charge < -0.3 is 5.73 Å². The molecule has 0 bridgehead atoms. The van der Waals surface area contributed by atoms with E-state index in [0.717, 1.165) is 12.8 Å². The molecule has 1 aromatic carbocycles. The molecule has 0 aliphatic carbocycles. The third-order valence-corrected chi connectivity index (χ3v) is 10.3. The van der Waals surface area contributed by atoms with Gasteiger partial charge in [-0.3, -0.25) is 0 Å². The van der Waals surface area contributed by atoms with Crippen LogP contribution in [-0.2, 0) is 12.0 Å². The summed E-state index contributed by atoms with van der Waals surface area (Å²) in [5.74, 6) is 0. The van der Waals surface area contributed by atoms with Crippen LogP contribution in [0.5, 0.6) is 0 Å². The van der Waals surface area contributed by atoms with Crippen molar-refractivity contribution >= 4 is 12.4 Å². The summed E-state index contributed by atoms with van der Waals surface area (Å²) < 4.78 is 0. The van der Waals surface area contributed by atoms with Crippen LogP contribution in [0.3, 0.4) is 0 Å². The van der Waals surface area contributed by atoms with Crippen molar-refractivity contribution in [2.24, 2.45) is 5.73 Å². The molecule has 1 aromatic rings. The first-order valence-corrected chi connectivity index (χ1v) is 20.5. The van der Waals surface area contributed by atoms with Crippen molar-refractivity contribution in [2.75, 3.05) is 0 Å². The Morgan fingerprint density at radius 1 is 0.400 bits per heavy atom. The number of benzene rings is 1. The molecule has 0 atom stereocenters. The number of unbranched alkanes of at least 4 members (excludes halogenated alkanes) is 27. The fraction of sp³-hybridized carbons (Fsp3) is 0.860. The van der Waals surface area contributed by atoms with Crippen LogP contribution in [0.15, 0.2) is 24.3 Å². The molecule has 266 valence electrons. The van der Waals surface area contributed by atoms with E-state index in [-0.39, 0.29) is 17.9 Å². The highest BCUT2D eigenvalue weighted by Crippen LogP contribution is 2.34. The zero-order valence-electron chi connectivity index (χ0n) is 31.1. The van der Waals surface area contributed by atoms with Crippen molar-refractivity contribution in [1.82, 2.24) is 0 Å². The smallest absolute Gasteiger partial charge is 0.0412 e. The molecule has 45 heavy (non-hydrogen) atoms. The first-order chi connectivity index (χ1) is 21.7. The Balaban J connectivity index is 0.0000194. The predicted molar refractivity (Wildman–Crippen MR) is 208 cm³/mol. The number of nitrogens with two attached hydrogens (primary N) is 1. The maximum Gasteiger partial charge on any atom is 0.0412 e. The SMILES string of the molecule is CCCCCCCCCCCCc1ccccc1C(N)(CCCCCCCCCCCC)CCCCCCCCCCCC.Cl. The summed E-state index contributed by atoms with van der Waals surface area (Å²) in [6, 6.07) is 9.33. The summed E-state index contributed by atoms with van der Waals surface area (Å²) in [6.45, 7) is 6.93. The minimum absolute atomic E-state index is 0. The van der Waals surface area contributed by atoms with Gasteiger partial charge in [0.05, 0.1) is 0 Å². The molecular weight excluding hydrogens is 566 g/mol. The number of aryl methyl sites for hydroxylation is 1. The highest BCUT2D eigenvalue weighted by Gasteiger charge is 2.28. The quantitative estimate of drug-likeness (QED) is 0.0740. The standard InChI is InChI=1S/C43H81N.ClH/c1-4-7-10-13-16-19-22-25-28-31-36-41-37-32-33-38-42(41)43(44,39-34-29-26-23-20-17-14-11-8-5-2)40-35-30-27-24-21-18-15-12-9-6-3;/h32-33,37-38H,4-31,34-36,39-40,44H2,1-3H3;1H. The molecule has 0 aromatic heterocycles. The van der Waals surface area contributed by atoms with Crippen LogP contribution in [0.1, 0.15) is 237 Å². The maximum atomic E-state index is 7.46. The molecule has 0 aliphatic heterocycles. The average molecular weight is 649 g/mol. The molecule has 1 rings (SSSR count). The van der Waals surface area contributed by atoms with Crippen molar-refractivity contribution in [3.63, 3.8) is 0 Å². The van der Waals surface area contributed by atoms with E-state index >= 15 is 0 Å². The van der Waals surface area contributed by atoms with Gasteiger partial charge in [0, 0.05) is 5.54 Å². The molecule has 2 N–H and O–H groups in total. The Bertz CT molecular complexity index is 692. The molecule has 0 aliphatic rings. The van der Waals surface area contributed by atoms with E-state index in [4.69, 9.17) is 5.73 Å². The summed E-state index contributed by atoms with van der Waals surface area (Å²) in [5.41, 5.74) is 10.4. The third kappa shape index (κ3) is 25.2. The van der Waals surface area contributed by atoms with Crippen LogP contribution in [0.25, 0.3) is 0 Å². The molecule has 0 heterocycles. The molecule has 0 saturated heterocycles. The topological polar surface area (TPSA) is 26.0 Å². The number of hydrogen-bond acceptors (Lipinski definition) is 1. The number of hydrogen-bond donors (Lipinski definition) is 1. The number of halogens is 1. The third-order valence-electron chi connectivity index (χ3n) is 10.3. The Kier molecular flexibility index (Phi) is 33.0. The highest BCUT2D eigenvalue weighted by molar-refractivity contribution is 5.85. The second-order valence-electron chi connectivity index (χ2n) is 14.6. The van der Waals surface area contributed by atoms with Gasteiger partial charge in [0.1, 0.15) is 0 Å². The van der Waals surface area contributed by atoms with Gasteiger partial charge in [-0.15, -0.1) is 12.4 Å². The van der Waals surface area contributed by atoms with Crippen LogP contribution in [0.2, 0.25) is 0 Å². The summed E-state index contributed by atoms with van der Waals surface area (Å²) >= 11 is 0. The molecule has 0 spiro atoms. The molecule has 0 amide bonds. The lowest BCUT2D eigenvalue weighted by Crippen LogP contribution is -2.37. The minimum Gasteiger partial charge on any atom is -0.321 e. The van der Waals surface area contributed by atoms with Crippen LogP contribution in [-0.4, -0.2) is 0 Å². The van der Waals surface area contributed by atoms with Crippen molar-refractivity contribution < 1.29 is 0 Å². The van der Waals surface area contributed by atoms with E-state index < -0.39 is 0 Å². The lowest BCUT2D eigenvalue weighted by Gasteiger charge is -2.33. The van der Waals surface area contributed by atoms with Crippen molar-refractivity contribution in [1.29, 1.82) is 0 Å². The molecule has 0 saturated carbocycles. The molecule has 0 fully saturated rings. The van der Waals surface area contributed by atoms with Gasteiger partial charge in [-0.05, 0) is 36.8 Å². The maximum absolute atomic E-state index is 7.46. The Labute approximate surface area is 290 Å². The lowest BCUT2D eigenvalue weighted by molar-refractivity contribution is 0.340. The fourth-order valence-electron chi connectivity index (χ4n) is 7.28. The van der Waals surface area contributed by atoms with Crippen LogP contribution in [0, 0.1) is 0 Å². The number of rotatable bonds is 34. The summed E-state index contributed by atoms with van der Waals surface area (Å²) in [7, 11) is 0. The normalized spacial score (nSPS) is 11.6. The van der Waals surface area contributed by atoms with Crippen LogP contribution < -0.4 is 5.73 Å². The van der Waals surface area contributed by atoms with Crippen molar-refractivity contribution in [2.45, 2.75) is 238 Å². The zero-order chi connectivity index (χ0) is 31.8. The van der Waals surface area contributed by atoms with E-state index in [1.807, 2.05) is 0 Å². The second kappa shape index (κ2) is 33.4. The second-order valence-corrected chi connectivity index (χ2v) is 14.6. The lowest BCUT2D eigenvalue weighted by atomic mass is 9.78. The molecule has 0 unspecified atom stereocenters. The van der Waals surface area contributed by atoms with Gasteiger partial charge in [0.15, 0.2) is 0 Å². The van der Waals surface area contributed by atoms with E-state index in [1.165, 1.54) is 205 Å². The molecule has 0 radical (unpaired) electrons. The summed E-state index contributed by atoms with van der Waals surface area (Å²) in [6.07, 6.45) is 45.5. The monoisotopic (exact) mass is 648 g/mol. The highest BCUT2D eigenvalue weighted by atomic mass is 35.5. The first-order valence-electron chi connectivity index (χ1n) is 20.5. The summed E-state index contributed by atoms with van der Waals surface area (Å²) in [4.78, 5) is 0. The first kappa shape index (κ1) is 44.5. The van der Waals surface area contributed by atoms with Gasteiger partial charge in [-0.25, -0.2) is 0 Å². The summed E-state index contributed by atoms with van der Waals surface area (Å²) in [5, 5.41) is 0. The van der Waals surface area contributed by atoms with Crippen LogP contribution >= 0.6 is 12.4 Å². The van der Waals surface area contributed by atoms with E-state index in [2.05, 4.69) is 45.0 Å². The largest absolute Gasteiger partial charge is 0.321 e. The van der Waals surface area contributed by atoms with Crippen molar-refractivity contribution in [3.05, 3.63) is 35.4 Å². The van der Waals surface area contributed by atoms with Gasteiger partial charge >= 0.3 is 0 Å². The zero-order valence-corrected chi connectivity index (χ0v) is 31.9. The van der Waals surface area contributed by atoms with Crippen molar-refractivity contribution in [3.8, 4) is 0 Å². The Morgan fingerprint density at radius 3 is 1.04 bits per heavy atom. The molecular formula is C43H82ClN. The fourth-order valence-corrected chi connectivity index (χ4v) is 7.28. The molecule has 1 nitrogen and oxygen atoms in total. The van der Waals surface area contributed by atoms with Crippen LogP contribution in [0.4, 0.5) is 0 Å². The molecule has 2 heteroatoms. The van der Waals surface area contributed by atoms with E-state index in [1.54, 1.807) is 5.56 Å². The van der Waals surface area contributed by atoms with Gasteiger partial charge in [0.25, 0.3) is 0 Å². The Morgan fingerprint density at radius 2 is 0.689 bits per heavy atom. The Hall–Kier alpha value is -0.530. The van der Waals surface area contributed by atoms with Gasteiger partial charge in [-0.2, -0.15) is 0 Å². The minimum atomic E-state index is -0.143. The van der Waals surface area contributed by atoms with E-state index in [0.29, 0.717) is 0 Å². The average Bonchev–Trinajstić information content (AvgIpc) is 3.04. The van der Waals surface area contributed by atoms with Gasteiger partial charge in [0.2, 0.25) is 0 Å². The predicted octanol–water partition coefficient (Wildman–Crippen LogP) is 15.3.